The maximum atomic E-state index is 3.34. The van der Waals surface area contributed by atoms with E-state index >= 15 is 0 Å². The van der Waals surface area contributed by atoms with Crippen LogP contribution in [0, 0.1) is 23.7 Å². The molecule has 3 rings (SSSR count). The van der Waals surface area contributed by atoms with Gasteiger partial charge in [-0.1, -0.05) is 114 Å². The Kier molecular flexibility index (Phi) is 10.9. The van der Waals surface area contributed by atoms with Crippen LogP contribution in [0.2, 0.25) is 0 Å². The summed E-state index contributed by atoms with van der Waals surface area (Å²) in [6.45, 7) is 4.57. The van der Waals surface area contributed by atoms with E-state index in [1.165, 1.54) is 101 Å². The van der Waals surface area contributed by atoms with Crippen LogP contribution < -0.4 is 0 Å². The molecule has 0 unspecified atom stereocenters. The largest absolute Gasteiger partial charge is 0.0654 e. The van der Waals surface area contributed by atoms with Crippen LogP contribution in [0.5, 0.6) is 0 Å². The van der Waals surface area contributed by atoms with Gasteiger partial charge >= 0.3 is 0 Å². The van der Waals surface area contributed by atoms with Gasteiger partial charge in [0.25, 0.3) is 0 Å². The van der Waals surface area contributed by atoms with Crippen molar-refractivity contribution in [2.45, 2.75) is 104 Å². The molecule has 1 aliphatic carbocycles. The maximum absolute atomic E-state index is 3.34. The summed E-state index contributed by atoms with van der Waals surface area (Å²) in [4.78, 5) is 0. The second-order valence-corrected chi connectivity index (χ2v) is 10.0. The second-order valence-electron chi connectivity index (χ2n) is 10.0. The van der Waals surface area contributed by atoms with Crippen molar-refractivity contribution in [3.63, 3.8) is 0 Å². The van der Waals surface area contributed by atoms with Gasteiger partial charge in [0.1, 0.15) is 0 Å². The minimum atomic E-state index is 0.946. The third kappa shape index (κ3) is 8.86. The highest BCUT2D eigenvalue weighted by atomic mass is 14.3. The summed E-state index contributed by atoms with van der Waals surface area (Å²) in [5.41, 5.74) is 5.13. The summed E-state index contributed by atoms with van der Waals surface area (Å²) < 4.78 is 0. The van der Waals surface area contributed by atoms with E-state index in [-0.39, 0.29) is 0 Å². The first kappa shape index (κ1) is 24.6. The first-order chi connectivity index (χ1) is 15.8. The number of hydrogen-bond acceptors (Lipinski definition) is 0. The van der Waals surface area contributed by atoms with Gasteiger partial charge in [0.05, 0.1) is 0 Å². The van der Waals surface area contributed by atoms with Crippen molar-refractivity contribution < 1.29 is 0 Å². The summed E-state index contributed by atoms with van der Waals surface area (Å²) in [5.74, 6) is 8.64. The van der Waals surface area contributed by atoms with Gasteiger partial charge in [-0.15, -0.1) is 0 Å². The van der Waals surface area contributed by atoms with Crippen molar-refractivity contribution in [1.82, 2.24) is 0 Å². The van der Waals surface area contributed by atoms with E-state index in [9.17, 15) is 0 Å². The molecule has 0 nitrogen and oxygen atoms in total. The molecule has 0 amide bonds. The highest BCUT2D eigenvalue weighted by Gasteiger charge is 2.20. The topological polar surface area (TPSA) is 0 Å². The Hall–Kier alpha value is -2.00. The molecule has 172 valence electrons. The van der Waals surface area contributed by atoms with Crippen LogP contribution in [0.1, 0.15) is 113 Å². The number of benzene rings is 2. The predicted molar refractivity (Wildman–Crippen MR) is 140 cm³/mol. The molecular weight excluding hydrogens is 384 g/mol. The molecule has 0 aliphatic heterocycles. The number of aryl methyl sites for hydroxylation is 2. The van der Waals surface area contributed by atoms with Crippen molar-refractivity contribution in [2.24, 2.45) is 11.8 Å². The Morgan fingerprint density at radius 2 is 1.03 bits per heavy atom. The molecular formula is C32H44. The average Bonchev–Trinajstić information content (AvgIpc) is 2.84. The van der Waals surface area contributed by atoms with E-state index in [0.29, 0.717) is 0 Å². The lowest BCUT2D eigenvalue weighted by Gasteiger charge is -2.28. The number of hydrogen-bond donors (Lipinski definition) is 0. The molecule has 0 radical (unpaired) electrons. The zero-order valence-electron chi connectivity index (χ0n) is 20.7. The van der Waals surface area contributed by atoms with Gasteiger partial charge in [0.15, 0.2) is 0 Å². The second kappa shape index (κ2) is 14.2. The van der Waals surface area contributed by atoms with Crippen molar-refractivity contribution in [3.05, 3.63) is 70.8 Å². The fraction of sp³-hybridized carbons (Fsp3) is 0.562. The first-order valence-electron chi connectivity index (χ1n) is 13.5. The summed E-state index contributed by atoms with van der Waals surface area (Å²) in [6, 6.07) is 17.8. The Bertz CT molecular complexity index is 807. The highest BCUT2D eigenvalue weighted by molar-refractivity contribution is 5.44. The quantitative estimate of drug-likeness (QED) is 0.247. The van der Waals surface area contributed by atoms with Crippen molar-refractivity contribution >= 4 is 0 Å². The Morgan fingerprint density at radius 1 is 0.562 bits per heavy atom. The van der Waals surface area contributed by atoms with E-state index in [1.807, 2.05) is 0 Å². The molecule has 0 atom stereocenters. The highest BCUT2D eigenvalue weighted by Crippen LogP contribution is 2.34. The van der Waals surface area contributed by atoms with Crippen molar-refractivity contribution in [1.29, 1.82) is 0 Å². The smallest absolute Gasteiger partial charge is 0.0249 e. The number of rotatable bonds is 11. The van der Waals surface area contributed by atoms with E-state index < -0.39 is 0 Å². The lowest BCUT2D eigenvalue weighted by Crippen LogP contribution is -2.15. The molecule has 0 N–H and O–H groups in total. The number of unbranched alkanes of at least 4 members (excludes halogenated alkanes) is 4. The Balaban J connectivity index is 1.39. The summed E-state index contributed by atoms with van der Waals surface area (Å²) in [7, 11) is 0. The monoisotopic (exact) mass is 428 g/mol. The van der Waals surface area contributed by atoms with Crippen molar-refractivity contribution in [3.8, 4) is 11.8 Å². The van der Waals surface area contributed by atoms with Crippen LogP contribution >= 0.6 is 0 Å². The van der Waals surface area contributed by atoms with E-state index in [4.69, 9.17) is 0 Å². The fourth-order valence-corrected chi connectivity index (χ4v) is 5.10. The van der Waals surface area contributed by atoms with E-state index in [1.54, 1.807) is 0 Å². The molecule has 1 aliphatic rings. The summed E-state index contributed by atoms with van der Waals surface area (Å²) >= 11 is 0. The third-order valence-electron chi connectivity index (χ3n) is 7.35. The first-order valence-corrected chi connectivity index (χ1v) is 13.5. The molecule has 32 heavy (non-hydrogen) atoms. The van der Waals surface area contributed by atoms with Gasteiger partial charge in [-0.05, 0) is 72.9 Å². The van der Waals surface area contributed by atoms with Gasteiger partial charge in [-0.2, -0.15) is 0 Å². The normalized spacial score (nSPS) is 18.2. The molecule has 0 aromatic heterocycles. The molecule has 0 saturated heterocycles. The zero-order valence-corrected chi connectivity index (χ0v) is 20.7. The van der Waals surface area contributed by atoms with Crippen LogP contribution in [-0.2, 0) is 12.8 Å². The molecule has 1 saturated carbocycles. The minimum Gasteiger partial charge on any atom is -0.0654 e. The maximum Gasteiger partial charge on any atom is 0.0249 e. The Morgan fingerprint density at radius 3 is 1.56 bits per heavy atom. The predicted octanol–water partition coefficient (Wildman–Crippen LogP) is 9.14. The fourth-order valence-electron chi connectivity index (χ4n) is 5.10. The van der Waals surface area contributed by atoms with E-state index in [2.05, 4.69) is 74.2 Å². The van der Waals surface area contributed by atoms with Crippen LogP contribution in [-0.4, -0.2) is 0 Å². The standard InChI is InChI=1S/C32H44/c1-3-5-7-9-27-11-15-29(16-12-27)19-21-31-23-25-32(26-24-31)22-20-30-17-13-28(14-18-30)10-8-6-4-2/h11-12,15-16,23-26,28,30H,3-10,13-14,17-18,20,22H2,1-2H3/t28-,30-. The molecule has 0 spiro atoms. The van der Waals surface area contributed by atoms with Gasteiger partial charge in [-0.3, -0.25) is 0 Å². The molecule has 2 aromatic carbocycles. The summed E-state index contributed by atoms with van der Waals surface area (Å²) in [6.07, 6.45) is 19.2. The van der Waals surface area contributed by atoms with Gasteiger partial charge in [0.2, 0.25) is 0 Å². The SMILES string of the molecule is CCCCCc1ccc(C#Cc2ccc(CC[C@H]3CC[C@H](CCCCC)CC3)cc2)cc1. The minimum absolute atomic E-state index is 0.946. The molecule has 1 fully saturated rings. The zero-order chi connectivity index (χ0) is 22.4. The lowest BCUT2D eigenvalue weighted by atomic mass is 9.78. The molecule has 0 heteroatoms. The van der Waals surface area contributed by atoms with Gasteiger partial charge in [0, 0.05) is 11.1 Å². The van der Waals surface area contributed by atoms with Crippen molar-refractivity contribution in [2.75, 3.05) is 0 Å². The van der Waals surface area contributed by atoms with Gasteiger partial charge < -0.3 is 0 Å². The average molecular weight is 429 g/mol. The van der Waals surface area contributed by atoms with Crippen LogP contribution in [0.3, 0.4) is 0 Å². The third-order valence-corrected chi connectivity index (χ3v) is 7.35. The van der Waals surface area contributed by atoms with E-state index in [0.717, 1.165) is 23.0 Å². The summed E-state index contributed by atoms with van der Waals surface area (Å²) in [5, 5.41) is 0. The van der Waals surface area contributed by atoms with Crippen LogP contribution in [0.15, 0.2) is 48.5 Å². The molecule has 0 bridgehead atoms. The van der Waals surface area contributed by atoms with Crippen LogP contribution in [0.4, 0.5) is 0 Å². The lowest BCUT2D eigenvalue weighted by molar-refractivity contribution is 0.249. The Labute approximate surface area is 198 Å². The van der Waals surface area contributed by atoms with Gasteiger partial charge in [-0.25, -0.2) is 0 Å². The van der Waals surface area contributed by atoms with Crippen LogP contribution in [0.25, 0.3) is 0 Å². The molecule has 2 aromatic rings. The molecule has 0 heterocycles.